The number of ether oxygens (including phenoxy) is 1. The number of para-hydroxylation sites is 2. The molecule has 4 rings (SSSR count). The van der Waals surface area contributed by atoms with E-state index in [1.807, 2.05) is 62.4 Å². The number of aromatic nitrogens is 1. The number of rotatable bonds is 6. The lowest BCUT2D eigenvalue weighted by Crippen LogP contribution is -2.28. The van der Waals surface area contributed by atoms with Gasteiger partial charge in [-0.1, -0.05) is 35.9 Å². The molecular formula is C25H25N3O3. The van der Waals surface area contributed by atoms with Gasteiger partial charge in [0.2, 0.25) is 11.8 Å². The standard InChI is InChI=1S/C25H25N3O3/c1-17-10-11-22(18(2)13-17)28-15-19(14-24(28)29)25(30)27-21-8-3-4-9-23(21)31-16-20-7-5-6-12-26-20/h3-13,19H,14-16H2,1-2H3,(H,27,30). The third-order valence-corrected chi connectivity index (χ3v) is 5.39. The van der Waals surface area contributed by atoms with Gasteiger partial charge in [-0.2, -0.15) is 0 Å². The Labute approximate surface area is 181 Å². The molecule has 2 amide bonds. The van der Waals surface area contributed by atoms with Gasteiger partial charge >= 0.3 is 0 Å². The predicted molar refractivity (Wildman–Crippen MR) is 120 cm³/mol. The van der Waals surface area contributed by atoms with Gasteiger partial charge in [0.05, 0.1) is 17.3 Å². The number of benzene rings is 2. The fourth-order valence-corrected chi connectivity index (χ4v) is 3.79. The van der Waals surface area contributed by atoms with Crippen LogP contribution in [-0.2, 0) is 16.2 Å². The van der Waals surface area contributed by atoms with Crippen molar-refractivity contribution in [2.75, 3.05) is 16.8 Å². The Bertz CT molecular complexity index is 1100. The van der Waals surface area contributed by atoms with Crippen molar-refractivity contribution < 1.29 is 14.3 Å². The van der Waals surface area contributed by atoms with Crippen molar-refractivity contribution in [1.29, 1.82) is 0 Å². The Morgan fingerprint density at radius 3 is 2.71 bits per heavy atom. The molecule has 6 heteroatoms. The van der Waals surface area contributed by atoms with Crippen molar-refractivity contribution in [2.45, 2.75) is 26.9 Å². The fraction of sp³-hybridized carbons (Fsp3) is 0.240. The highest BCUT2D eigenvalue weighted by molar-refractivity contribution is 6.04. The molecule has 6 nitrogen and oxygen atoms in total. The van der Waals surface area contributed by atoms with Crippen molar-refractivity contribution in [3.8, 4) is 5.75 Å². The maximum absolute atomic E-state index is 12.9. The molecule has 1 fully saturated rings. The molecule has 0 saturated carbocycles. The SMILES string of the molecule is Cc1ccc(N2CC(C(=O)Nc3ccccc3OCc3ccccn3)CC2=O)c(C)c1. The highest BCUT2D eigenvalue weighted by atomic mass is 16.5. The van der Waals surface area contributed by atoms with Crippen LogP contribution in [-0.4, -0.2) is 23.3 Å². The maximum Gasteiger partial charge on any atom is 0.229 e. The molecule has 1 aliphatic rings. The molecule has 2 aromatic carbocycles. The third-order valence-electron chi connectivity index (χ3n) is 5.39. The first-order valence-electron chi connectivity index (χ1n) is 10.3. The van der Waals surface area contributed by atoms with E-state index in [0.717, 1.165) is 22.5 Å². The smallest absolute Gasteiger partial charge is 0.229 e. The number of anilines is 2. The van der Waals surface area contributed by atoms with Crippen LogP contribution in [0, 0.1) is 19.8 Å². The van der Waals surface area contributed by atoms with Crippen molar-refractivity contribution >= 4 is 23.2 Å². The molecule has 1 N–H and O–H groups in total. The molecule has 1 unspecified atom stereocenters. The second kappa shape index (κ2) is 9.00. The number of aryl methyl sites for hydroxylation is 2. The van der Waals surface area contributed by atoms with E-state index in [9.17, 15) is 9.59 Å². The Hall–Kier alpha value is -3.67. The molecule has 0 aliphatic carbocycles. The van der Waals surface area contributed by atoms with Crippen LogP contribution in [0.15, 0.2) is 66.9 Å². The molecule has 1 saturated heterocycles. The minimum atomic E-state index is -0.419. The van der Waals surface area contributed by atoms with Gasteiger partial charge in [0.1, 0.15) is 12.4 Å². The number of hydrogen-bond acceptors (Lipinski definition) is 4. The van der Waals surface area contributed by atoms with Gasteiger partial charge in [0.25, 0.3) is 0 Å². The summed E-state index contributed by atoms with van der Waals surface area (Å²) in [6.45, 7) is 4.67. The van der Waals surface area contributed by atoms with Gasteiger partial charge in [-0.25, -0.2) is 0 Å². The fourth-order valence-electron chi connectivity index (χ4n) is 3.79. The Morgan fingerprint density at radius 2 is 1.94 bits per heavy atom. The molecule has 0 radical (unpaired) electrons. The summed E-state index contributed by atoms with van der Waals surface area (Å²) in [5, 5.41) is 2.94. The van der Waals surface area contributed by atoms with Crippen LogP contribution in [0.5, 0.6) is 5.75 Å². The van der Waals surface area contributed by atoms with Crippen molar-refractivity contribution in [1.82, 2.24) is 4.98 Å². The van der Waals surface area contributed by atoms with E-state index in [-0.39, 0.29) is 18.2 Å². The van der Waals surface area contributed by atoms with Crippen LogP contribution in [0.2, 0.25) is 0 Å². The zero-order valence-electron chi connectivity index (χ0n) is 17.7. The predicted octanol–water partition coefficient (Wildman–Crippen LogP) is 4.27. The molecule has 31 heavy (non-hydrogen) atoms. The topological polar surface area (TPSA) is 71.5 Å². The largest absolute Gasteiger partial charge is 0.485 e. The summed E-state index contributed by atoms with van der Waals surface area (Å²) in [5.41, 5.74) is 4.42. The summed E-state index contributed by atoms with van der Waals surface area (Å²) in [5.74, 6) is -0.0737. The summed E-state index contributed by atoms with van der Waals surface area (Å²) in [6.07, 6.45) is 1.90. The van der Waals surface area contributed by atoms with E-state index >= 15 is 0 Å². The van der Waals surface area contributed by atoms with Crippen LogP contribution in [0.25, 0.3) is 0 Å². The summed E-state index contributed by atoms with van der Waals surface area (Å²) < 4.78 is 5.87. The van der Waals surface area contributed by atoms with Gasteiger partial charge in [0, 0.05) is 24.8 Å². The first-order valence-corrected chi connectivity index (χ1v) is 10.3. The molecule has 1 aromatic heterocycles. The lowest BCUT2D eigenvalue weighted by atomic mass is 10.1. The molecule has 3 aromatic rings. The van der Waals surface area contributed by atoms with Crippen LogP contribution in [0.3, 0.4) is 0 Å². The summed E-state index contributed by atoms with van der Waals surface area (Å²) in [7, 11) is 0. The van der Waals surface area contributed by atoms with Crippen LogP contribution in [0.4, 0.5) is 11.4 Å². The normalized spacial score (nSPS) is 15.7. The summed E-state index contributed by atoms with van der Waals surface area (Å²) in [4.78, 5) is 31.5. The summed E-state index contributed by atoms with van der Waals surface area (Å²) in [6, 6.07) is 18.9. The van der Waals surface area contributed by atoms with Gasteiger partial charge in [-0.15, -0.1) is 0 Å². The average molecular weight is 415 g/mol. The zero-order valence-corrected chi connectivity index (χ0v) is 17.7. The molecule has 1 aliphatic heterocycles. The second-order valence-corrected chi connectivity index (χ2v) is 7.79. The van der Waals surface area contributed by atoms with Gasteiger partial charge < -0.3 is 15.0 Å². The first kappa shape index (κ1) is 20.6. The van der Waals surface area contributed by atoms with Crippen molar-refractivity contribution in [3.63, 3.8) is 0 Å². The van der Waals surface area contributed by atoms with Gasteiger partial charge in [-0.3, -0.25) is 14.6 Å². The first-order chi connectivity index (χ1) is 15.0. The van der Waals surface area contributed by atoms with E-state index in [2.05, 4.69) is 10.3 Å². The Morgan fingerprint density at radius 1 is 1.13 bits per heavy atom. The number of carbonyl (C=O) groups excluding carboxylic acids is 2. The van der Waals surface area contributed by atoms with Crippen LogP contribution < -0.4 is 15.0 Å². The highest BCUT2D eigenvalue weighted by Gasteiger charge is 2.35. The van der Waals surface area contributed by atoms with Crippen LogP contribution in [0.1, 0.15) is 23.2 Å². The van der Waals surface area contributed by atoms with Crippen molar-refractivity contribution in [2.24, 2.45) is 5.92 Å². The second-order valence-electron chi connectivity index (χ2n) is 7.79. The van der Waals surface area contributed by atoms with E-state index in [0.29, 0.717) is 24.6 Å². The third kappa shape index (κ3) is 4.74. The minimum absolute atomic E-state index is 0.0354. The number of carbonyl (C=O) groups is 2. The number of hydrogen-bond donors (Lipinski definition) is 1. The van der Waals surface area contributed by atoms with E-state index in [1.54, 1.807) is 23.2 Å². The number of nitrogens with one attached hydrogen (secondary N) is 1. The van der Waals surface area contributed by atoms with Crippen LogP contribution >= 0.6 is 0 Å². The molecule has 158 valence electrons. The number of nitrogens with zero attached hydrogens (tertiary/aromatic N) is 2. The number of amides is 2. The molecule has 0 bridgehead atoms. The highest BCUT2D eigenvalue weighted by Crippen LogP contribution is 2.30. The summed E-state index contributed by atoms with van der Waals surface area (Å²) >= 11 is 0. The lowest BCUT2D eigenvalue weighted by Gasteiger charge is -2.19. The maximum atomic E-state index is 12.9. The molecule has 2 heterocycles. The Balaban J connectivity index is 1.43. The lowest BCUT2D eigenvalue weighted by molar-refractivity contribution is -0.122. The Kier molecular flexibility index (Phi) is 5.98. The number of pyridine rings is 1. The average Bonchev–Trinajstić information content (AvgIpc) is 3.15. The molecular weight excluding hydrogens is 390 g/mol. The molecule has 0 spiro atoms. The quantitative estimate of drug-likeness (QED) is 0.653. The van der Waals surface area contributed by atoms with Gasteiger partial charge in [0.15, 0.2) is 0 Å². The van der Waals surface area contributed by atoms with Crippen molar-refractivity contribution in [3.05, 3.63) is 83.7 Å². The zero-order chi connectivity index (χ0) is 21.8. The monoisotopic (exact) mass is 415 g/mol. The van der Waals surface area contributed by atoms with Gasteiger partial charge in [-0.05, 0) is 49.7 Å². The minimum Gasteiger partial charge on any atom is -0.485 e. The van der Waals surface area contributed by atoms with E-state index in [4.69, 9.17) is 4.74 Å². The molecule has 1 atom stereocenters. The van der Waals surface area contributed by atoms with E-state index < -0.39 is 5.92 Å². The van der Waals surface area contributed by atoms with E-state index in [1.165, 1.54) is 0 Å².